The molecule has 2 unspecified atom stereocenters. The van der Waals surface area contributed by atoms with Crippen LogP contribution < -0.4 is 15.8 Å². The Morgan fingerprint density at radius 1 is 1.36 bits per heavy atom. The average Bonchev–Trinajstić information content (AvgIpc) is 3.37. The lowest BCUT2D eigenvalue weighted by Crippen LogP contribution is -2.95. The van der Waals surface area contributed by atoms with Gasteiger partial charge in [0.15, 0.2) is 5.65 Å². The molecule has 9 heteroatoms. The number of ether oxygens (including phenoxy) is 1. The number of pyridine rings is 1. The van der Waals surface area contributed by atoms with E-state index in [-0.39, 0.29) is 11.8 Å². The zero-order chi connectivity index (χ0) is 19.3. The summed E-state index contributed by atoms with van der Waals surface area (Å²) in [5.74, 6) is 2.36. The first kappa shape index (κ1) is 16.6. The summed E-state index contributed by atoms with van der Waals surface area (Å²) in [6.07, 6.45) is 4.61. The lowest BCUT2D eigenvalue weighted by molar-refractivity contribution is -0.409. The molecule has 0 spiro atoms. The maximum atomic E-state index is 8.51. The summed E-state index contributed by atoms with van der Waals surface area (Å²) < 4.78 is 7.28. The number of hydrogen-bond donors (Lipinski definition) is 3. The Bertz CT molecular complexity index is 1160. The van der Waals surface area contributed by atoms with Crippen LogP contribution in [0.15, 0.2) is 52.8 Å². The minimum absolute atomic E-state index is 0.0870. The number of fused-ring (bicyclic) bond motifs is 2. The highest BCUT2D eigenvalue weighted by atomic mass is 16.5. The molecular formula is C19H19N8O+. The fraction of sp³-hybridized carbons (Fsp3) is 0.211. The molecular weight excluding hydrogens is 356 g/mol. The zero-order valence-corrected chi connectivity index (χ0v) is 15.2. The number of nitrogens with zero attached hydrogens (tertiary/aromatic N) is 5. The molecule has 9 nitrogen and oxygen atoms in total. The third-order valence-electron chi connectivity index (χ3n) is 5.14. The van der Waals surface area contributed by atoms with Gasteiger partial charge in [-0.25, -0.2) is 5.32 Å². The summed E-state index contributed by atoms with van der Waals surface area (Å²) >= 11 is 0. The number of para-hydroxylation sites is 1. The smallest absolute Gasteiger partial charge is 0.303 e. The standard InChI is InChI=1S/C19H18N8O/c1-28-14-4-2-3-11-16(14)23-19(21)25-18(11)24-17(20)13-7-12(13)10-5-6-15-26-22-9-27(15)8-10/h2-6,8-9,12-13H,7H2,1H3,(H4,20,21,23,24,25)/p+1. The molecule has 0 amide bonds. The molecule has 2 atom stereocenters. The highest BCUT2D eigenvalue weighted by Gasteiger charge is 2.42. The van der Waals surface area contributed by atoms with Crippen molar-refractivity contribution in [1.82, 2.24) is 14.6 Å². The Balaban J connectivity index is 1.41. The van der Waals surface area contributed by atoms with E-state index in [0.29, 0.717) is 29.1 Å². The van der Waals surface area contributed by atoms with Crippen LogP contribution in [0.5, 0.6) is 5.75 Å². The van der Waals surface area contributed by atoms with Crippen LogP contribution in [-0.2, 0) is 0 Å². The predicted molar refractivity (Wildman–Crippen MR) is 104 cm³/mol. The number of guanidine groups is 1. The molecule has 0 radical (unpaired) electrons. The molecule has 2 aliphatic rings. The van der Waals surface area contributed by atoms with E-state index in [1.165, 1.54) is 0 Å². The van der Waals surface area contributed by atoms with Gasteiger partial charge in [-0.15, -0.1) is 10.2 Å². The number of rotatable bonds is 3. The van der Waals surface area contributed by atoms with Crippen molar-refractivity contribution < 1.29 is 10.1 Å². The average molecular weight is 375 g/mol. The number of quaternary nitrogens is 1. The molecule has 1 fully saturated rings. The summed E-state index contributed by atoms with van der Waals surface area (Å²) in [6.45, 7) is 0. The lowest BCUT2D eigenvalue weighted by atomic mass is 10.1. The Hall–Kier alpha value is -3.59. The van der Waals surface area contributed by atoms with E-state index in [9.17, 15) is 0 Å². The highest BCUT2D eigenvalue weighted by Crippen LogP contribution is 2.48. The molecule has 5 N–H and O–H groups in total. The summed E-state index contributed by atoms with van der Waals surface area (Å²) in [4.78, 5) is 8.96. The van der Waals surface area contributed by atoms with Crippen molar-refractivity contribution in [1.29, 1.82) is 5.41 Å². The van der Waals surface area contributed by atoms with Crippen molar-refractivity contribution >= 4 is 29.0 Å². The van der Waals surface area contributed by atoms with Crippen LogP contribution in [0.25, 0.3) is 5.65 Å². The van der Waals surface area contributed by atoms with Gasteiger partial charge in [-0.2, -0.15) is 9.98 Å². The molecule has 2 aromatic heterocycles. The van der Waals surface area contributed by atoms with E-state index in [2.05, 4.69) is 20.2 Å². The minimum Gasteiger partial charge on any atom is -0.494 e. The van der Waals surface area contributed by atoms with Gasteiger partial charge < -0.3 is 10.5 Å². The lowest BCUT2D eigenvalue weighted by Gasteiger charge is -2.14. The molecule has 28 heavy (non-hydrogen) atoms. The van der Waals surface area contributed by atoms with Gasteiger partial charge in [0.05, 0.1) is 12.7 Å². The monoisotopic (exact) mass is 375 g/mol. The second-order valence-electron chi connectivity index (χ2n) is 6.93. The largest absolute Gasteiger partial charge is 0.494 e. The molecule has 1 saturated carbocycles. The van der Waals surface area contributed by atoms with Crippen LogP contribution in [0.1, 0.15) is 23.5 Å². The fourth-order valence-electron chi connectivity index (χ4n) is 3.62. The first-order valence-electron chi connectivity index (χ1n) is 8.97. The Morgan fingerprint density at radius 2 is 2.25 bits per heavy atom. The van der Waals surface area contributed by atoms with Gasteiger partial charge in [-0.3, -0.25) is 9.81 Å². The maximum Gasteiger partial charge on any atom is 0.303 e. The van der Waals surface area contributed by atoms with Crippen molar-refractivity contribution in [2.45, 2.75) is 12.3 Å². The number of hydrogen-bond acceptors (Lipinski definition) is 6. The van der Waals surface area contributed by atoms with Crippen LogP contribution >= 0.6 is 0 Å². The van der Waals surface area contributed by atoms with E-state index in [1.807, 2.05) is 40.9 Å². The first-order valence-corrected chi connectivity index (χ1v) is 8.97. The quantitative estimate of drug-likeness (QED) is 0.461. The Morgan fingerprint density at radius 3 is 3.11 bits per heavy atom. The van der Waals surface area contributed by atoms with Gasteiger partial charge >= 0.3 is 5.96 Å². The van der Waals surface area contributed by atoms with E-state index in [1.54, 1.807) is 18.8 Å². The predicted octanol–water partition coefficient (Wildman–Crippen LogP) is 0.789. The van der Waals surface area contributed by atoms with Crippen molar-refractivity contribution in [2.24, 2.45) is 21.6 Å². The van der Waals surface area contributed by atoms with Gasteiger partial charge in [-0.1, -0.05) is 12.1 Å². The molecule has 1 aromatic carbocycles. The number of aliphatic imine (C=N–C) groups is 2. The fourth-order valence-corrected chi connectivity index (χ4v) is 3.62. The number of methoxy groups -OCH3 is 1. The van der Waals surface area contributed by atoms with Crippen molar-refractivity contribution in [3.05, 3.63) is 54.0 Å². The third kappa shape index (κ3) is 2.72. The van der Waals surface area contributed by atoms with Gasteiger partial charge in [-0.05, 0) is 36.1 Å². The maximum absolute atomic E-state index is 8.51. The first-order chi connectivity index (χ1) is 13.6. The van der Waals surface area contributed by atoms with Crippen LogP contribution in [0.3, 0.4) is 0 Å². The second-order valence-corrected chi connectivity index (χ2v) is 6.93. The van der Waals surface area contributed by atoms with Gasteiger partial charge in [0.1, 0.15) is 23.6 Å². The van der Waals surface area contributed by atoms with Crippen LogP contribution in [0.2, 0.25) is 0 Å². The molecule has 3 heterocycles. The summed E-state index contributed by atoms with van der Waals surface area (Å²) in [5.41, 5.74) is 9.42. The SMILES string of the molecule is COc1cccc2c1N=C(N)[NH2+]C2=NC(=N)C1CC1c1ccc2nncn2c1. The highest BCUT2D eigenvalue weighted by molar-refractivity contribution is 6.09. The van der Waals surface area contributed by atoms with Crippen molar-refractivity contribution in [2.75, 3.05) is 7.11 Å². The van der Waals surface area contributed by atoms with Gasteiger partial charge in [0.2, 0.25) is 5.84 Å². The molecule has 0 saturated heterocycles. The summed E-state index contributed by atoms with van der Waals surface area (Å²) in [6, 6.07) is 9.63. The minimum atomic E-state index is 0.0870. The Labute approximate surface area is 160 Å². The van der Waals surface area contributed by atoms with Crippen molar-refractivity contribution in [3.63, 3.8) is 0 Å². The molecule has 1 aliphatic heterocycles. The van der Waals surface area contributed by atoms with E-state index in [4.69, 9.17) is 15.9 Å². The number of aromatic nitrogens is 3. The topological polar surface area (TPSA) is 131 Å². The van der Waals surface area contributed by atoms with Crippen LogP contribution in [0, 0.1) is 11.3 Å². The molecule has 1 aliphatic carbocycles. The number of benzene rings is 1. The second kappa shape index (κ2) is 6.24. The molecule has 0 bridgehead atoms. The van der Waals surface area contributed by atoms with Gasteiger partial charge in [0, 0.05) is 12.1 Å². The third-order valence-corrected chi connectivity index (χ3v) is 5.14. The van der Waals surface area contributed by atoms with E-state index >= 15 is 0 Å². The number of nitrogens with one attached hydrogen (secondary N) is 1. The summed E-state index contributed by atoms with van der Waals surface area (Å²) in [5, 5.41) is 18.1. The number of amidine groups is 2. The van der Waals surface area contributed by atoms with Crippen LogP contribution in [0.4, 0.5) is 5.69 Å². The molecule has 140 valence electrons. The Kier molecular flexibility index (Phi) is 3.69. The van der Waals surface area contributed by atoms with Crippen molar-refractivity contribution in [3.8, 4) is 5.75 Å². The van der Waals surface area contributed by atoms with Gasteiger partial charge in [0.25, 0.3) is 0 Å². The molecule has 5 rings (SSSR count). The normalized spacial score (nSPS) is 22.0. The summed E-state index contributed by atoms with van der Waals surface area (Å²) in [7, 11) is 1.60. The van der Waals surface area contributed by atoms with Crippen LogP contribution in [-0.4, -0.2) is 39.3 Å². The van der Waals surface area contributed by atoms with E-state index < -0.39 is 0 Å². The van der Waals surface area contributed by atoms with E-state index in [0.717, 1.165) is 23.2 Å². The number of nitrogens with two attached hydrogens (primary N) is 2. The molecule has 3 aromatic rings. The zero-order valence-electron chi connectivity index (χ0n) is 15.2.